The first-order valence-electron chi connectivity index (χ1n) is 8.68. The molecule has 0 saturated heterocycles. The molecule has 3 aromatic carbocycles. The van der Waals surface area contributed by atoms with E-state index in [1.807, 2.05) is 12.1 Å². The van der Waals surface area contributed by atoms with Crippen LogP contribution in [0.2, 0.25) is 0 Å². The summed E-state index contributed by atoms with van der Waals surface area (Å²) >= 11 is 14.5. The predicted octanol–water partition coefficient (Wildman–Crippen LogP) is 6.68. The van der Waals surface area contributed by atoms with E-state index in [2.05, 4.69) is 63.7 Å². The van der Waals surface area contributed by atoms with Crippen LogP contribution in [0.4, 0.5) is 0 Å². The van der Waals surface area contributed by atoms with Crippen LogP contribution in [0.25, 0.3) is 21.9 Å². The van der Waals surface area contributed by atoms with E-state index in [4.69, 9.17) is 23.7 Å². The van der Waals surface area contributed by atoms with Crippen molar-refractivity contribution in [2.24, 2.45) is 0 Å². The Morgan fingerprint density at radius 2 is 1.40 bits per heavy atom. The van der Waals surface area contributed by atoms with Gasteiger partial charge in [-0.05, 0) is 75.9 Å². The summed E-state index contributed by atoms with van der Waals surface area (Å²) in [6, 6.07) is 3.73. The fourth-order valence-electron chi connectivity index (χ4n) is 3.98. The van der Waals surface area contributed by atoms with Gasteiger partial charge in [0, 0.05) is 36.4 Å². The Labute approximate surface area is 203 Å². The van der Waals surface area contributed by atoms with Gasteiger partial charge in [0.05, 0.1) is 14.5 Å². The summed E-state index contributed by atoms with van der Waals surface area (Å²) in [5.74, 6) is 2.10. The average molecular weight is 664 g/mol. The van der Waals surface area contributed by atoms with Gasteiger partial charge in [-0.1, -0.05) is 0 Å². The minimum absolute atomic E-state index is 0.109. The van der Waals surface area contributed by atoms with Crippen molar-refractivity contribution in [3.63, 3.8) is 0 Å². The molecular formula is C20H8Br4O6. The standard InChI is InChI=1S/C20H8Br4O6/c21-13-7-1-6-9(3-26-20(6)25)11(12(7)18-19(16(13)24)30-5-29-18)8-2-10-17(28-4-27-10)15(23)14(8)22/h1-2H,3-5H2. The van der Waals surface area contributed by atoms with Crippen LogP contribution in [-0.4, -0.2) is 19.6 Å². The van der Waals surface area contributed by atoms with Gasteiger partial charge in [0.15, 0.2) is 23.0 Å². The predicted molar refractivity (Wildman–Crippen MR) is 122 cm³/mol. The highest BCUT2D eigenvalue weighted by Gasteiger charge is 2.34. The quantitative estimate of drug-likeness (QED) is 0.271. The monoisotopic (exact) mass is 660 g/mol. The molecule has 0 spiro atoms. The molecule has 0 bridgehead atoms. The van der Waals surface area contributed by atoms with Crippen LogP contribution in [0, 0.1) is 0 Å². The number of esters is 1. The van der Waals surface area contributed by atoms with Crippen LogP contribution in [0.3, 0.4) is 0 Å². The van der Waals surface area contributed by atoms with E-state index in [0.29, 0.717) is 28.6 Å². The maximum absolute atomic E-state index is 12.5. The number of carbonyl (C=O) groups excluding carboxylic acids is 1. The molecule has 152 valence electrons. The molecule has 3 heterocycles. The first-order valence-corrected chi connectivity index (χ1v) is 11.9. The summed E-state index contributed by atoms with van der Waals surface area (Å²) in [6.07, 6.45) is 0. The molecule has 30 heavy (non-hydrogen) atoms. The lowest BCUT2D eigenvalue weighted by Crippen LogP contribution is -1.98. The van der Waals surface area contributed by atoms with Crippen LogP contribution in [-0.2, 0) is 11.3 Å². The molecule has 0 amide bonds. The maximum Gasteiger partial charge on any atom is 0.338 e. The van der Waals surface area contributed by atoms with E-state index in [0.717, 1.165) is 45.4 Å². The van der Waals surface area contributed by atoms with Crippen molar-refractivity contribution >= 4 is 80.5 Å². The van der Waals surface area contributed by atoms with E-state index in [1.54, 1.807) is 0 Å². The number of carbonyl (C=O) groups is 1. The summed E-state index contributed by atoms with van der Waals surface area (Å²) in [5, 5.41) is 1.63. The molecule has 0 atom stereocenters. The number of cyclic esters (lactones) is 1. The average Bonchev–Trinajstić information content (AvgIpc) is 3.48. The third-order valence-corrected chi connectivity index (χ3v) is 9.51. The molecule has 6 rings (SSSR count). The molecule has 0 fully saturated rings. The highest BCUT2D eigenvalue weighted by molar-refractivity contribution is 9.13. The molecule has 0 saturated carbocycles. The molecule has 0 unspecified atom stereocenters. The molecule has 0 N–H and O–H groups in total. The number of benzene rings is 3. The Morgan fingerprint density at radius 1 is 0.700 bits per heavy atom. The lowest BCUT2D eigenvalue weighted by atomic mass is 9.90. The molecule has 3 aromatic rings. The van der Waals surface area contributed by atoms with Gasteiger partial charge in [-0.25, -0.2) is 4.79 Å². The molecule has 0 aromatic heterocycles. The minimum Gasteiger partial charge on any atom is -0.457 e. The minimum atomic E-state index is -0.357. The number of hydrogen-bond acceptors (Lipinski definition) is 6. The van der Waals surface area contributed by atoms with Crippen molar-refractivity contribution in [3.05, 3.63) is 41.2 Å². The first-order chi connectivity index (χ1) is 14.5. The van der Waals surface area contributed by atoms with Crippen molar-refractivity contribution in [1.82, 2.24) is 0 Å². The zero-order valence-electron chi connectivity index (χ0n) is 14.7. The fraction of sp³-hybridized carbons (Fsp3) is 0.150. The Hall–Kier alpha value is -1.49. The third-order valence-electron chi connectivity index (χ3n) is 5.29. The maximum atomic E-state index is 12.5. The molecule has 10 heteroatoms. The second-order valence-electron chi connectivity index (χ2n) is 6.75. The lowest BCUT2D eigenvalue weighted by Gasteiger charge is -2.18. The largest absolute Gasteiger partial charge is 0.457 e. The van der Waals surface area contributed by atoms with Crippen LogP contribution in [0.1, 0.15) is 15.9 Å². The Balaban J connectivity index is 1.82. The van der Waals surface area contributed by atoms with Gasteiger partial charge >= 0.3 is 5.97 Å². The van der Waals surface area contributed by atoms with Gasteiger partial charge in [0.25, 0.3) is 0 Å². The molecule has 6 nitrogen and oxygen atoms in total. The summed E-state index contributed by atoms with van der Waals surface area (Å²) in [7, 11) is 0. The van der Waals surface area contributed by atoms with Gasteiger partial charge < -0.3 is 23.7 Å². The fourth-order valence-corrected chi connectivity index (χ4v) is 6.00. The lowest BCUT2D eigenvalue weighted by molar-refractivity contribution is 0.0535. The highest BCUT2D eigenvalue weighted by Crippen LogP contribution is 2.56. The zero-order chi connectivity index (χ0) is 20.7. The van der Waals surface area contributed by atoms with Crippen LogP contribution >= 0.6 is 63.7 Å². The van der Waals surface area contributed by atoms with Crippen molar-refractivity contribution < 1.29 is 28.5 Å². The summed E-state index contributed by atoms with van der Waals surface area (Å²) in [6.45, 7) is 0.419. The number of ether oxygens (including phenoxy) is 5. The third kappa shape index (κ3) is 2.47. The van der Waals surface area contributed by atoms with Gasteiger partial charge in [0.2, 0.25) is 13.6 Å². The Morgan fingerprint density at radius 3 is 2.23 bits per heavy atom. The number of rotatable bonds is 1. The number of hydrogen-bond donors (Lipinski definition) is 0. The van der Waals surface area contributed by atoms with E-state index < -0.39 is 0 Å². The van der Waals surface area contributed by atoms with Crippen LogP contribution in [0.5, 0.6) is 23.0 Å². The molecule has 3 aliphatic rings. The number of fused-ring (bicyclic) bond motifs is 5. The van der Waals surface area contributed by atoms with Crippen molar-refractivity contribution in [2.45, 2.75) is 6.61 Å². The molecule has 3 aliphatic heterocycles. The van der Waals surface area contributed by atoms with Gasteiger partial charge in [0.1, 0.15) is 6.61 Å². The van der Waals surface area contributed by atoms with Gasteiger partial charge in [-0.2, -0.15) is 0 Å². The zero-order valence-corrected chi connectivity index (χ0v) is 21.1. The summed E-state index contributed by atoms with van der Waals surface area (Å²) in [4.78, 5) is 12.5. The van der Waals surface area contributed by atoms with Crippen LogP contribution in [0.15, 0.2) is 30.0 Å². The van der Waals surface area contributed by atoms with Crippen LogP contribution < -0.4 is 18.9 Å². The highest BCUT2D eigenvalue weighted by atomic mass is 79.9. The molecule has 0 aliphatic carbocycles. The Kier molecular flexibility index (Phi) is 4.32. The second-order valence-corrected chi connectivity index (χ2v) is 9.93. The molecule has 0 radical (unpaired) electrons. The number of halogens is 4. The van der Waals surface area contributed by atoms with Crippen molar-refractivity contribution in [2.75, 3.05) is 13.6 Å². The smallest absolute Gasteiger partial charge is 0.338 e. The molecular weight excluding hydrogens is 656 g/mol. The van der Waals surface area contributed by atoms with Crippen molar-refractivity contribution in [3.8, 4) is 34.1 Å². The van der Waals surface area contributed by atoms with E-state index in [9.17, 15) is 4.79 Å². The Bertz CT molecular complexity index is 1320. The summed E-state index contributed by atoms with van der Waals surface area (Å²) in [5.41, 5.74) is 2.93. The first kappa shape index (κ1) is 19.2. The van der Waals surface area contributed by atoms with Gasteiger partial charge in [-0.3, -0.25) is 0 Å². The second kappa shape index (κ2) is 6.75. The summed E-state index contributed by atoms with van der Waals surface area (Å²) < 4.78 is 31.2. The van der Waals surface area contributed by atoms with E-state index in [1.165, 1.54) is 0 Å². The normalized spacial score (nSPS) is 15.7. The van der Waals surface area contributed by atoms with E-state index in [-0.39, 0.29) is 26.2 Å². The van der Waals surface area contributed by atoms with Gasteiger partial charge in [-0.15, -0.1) is 0 Å². The SMILES string of the molecule is O=C1OCc2c1cc1c(Br)c(Br)c3c(c1c2-c1cc2c(c(Br)c1Br)OCO2)OCO3. The van der Waals surface area contributed by atoms with Crippen molar-refractivity contribution in [1.29, 1.82) is 0 Å². The van der Waals surface area contributed by atoms with E-state index >= 15 is 0 Å². The topological polar surface area (TPSA) is 63.2 Å².